The van der Waals surface area contributed by atoms with E-state index in [1.807, 2.05) is 0 Å². The summed E-state index contributed by atoms with van der Waals surface area (Å²) >= 11 is 11.9. The average Bonchev–Trinajstić information content (AvgIpc) is 2.61. The number of nitro groups is 1. The molecule has 1 amide bonds. The molecule has 0 fully saturated rings. The number of carbonyl (C=O) groups excluding carboxylic acids is 1. The first-order valence-electron chi connectivity index (χ1n) is 8.04. The predicted octanol–water partition coefficient (Wildman–Crippen LogP) is 4.08. The lowest BCUT2D eigenvalue weighted by atomic mass is 10.1. The highest BCUT2D eigenvalue weighted by Gasteiger charge is 2.32. The van der Waals surface area contributed by atoms with Gasteiger partial charge in [-0.25, -0.2) is 8.42 Å². The Balaban J connectivity index is 2.41. The van der Waals surface area contributed by atoms with Crippen molar-refractivity contribution in [2.45, 2.75) is 19.4 Å². The van der Waals surface area contributed by atoms with E-state index >= 15 is 0 Å². The number of nitro benzene ring substituents is 1. The van der Waals surface area contributed by atoms with Gasteiger partial charge in [0.25, 0.3) is 5.69 Å². The number of sulfonamides is 1. The van der Waals surface area contributed by atoms with Gasteiger partial charge in [0, 0.05) is 17.2 Å². The Morgan fingerprint density at radius 3 is 2.32 bits per heavy atom. The molecule has 0 heterocycles. The second-order valence-electron chi connectivity index (χ2n) is 5.87. The van der Waals surface area contributed by atoms with Crippen LogP contribution in [0.1, 0.15) is 13.3 Å². The molecule has 8 nitrogen and oxygen atoms in total. The molecule has 0 aliphatic rings. The van der Waals surface area contributed by atoms with Crippen LogP contribution in [0.15, 0.2) is 42.5 Å². The van der Waals surface area contributed by atoms with Crippen molar-refractivity contribution in [2.24, 2.45) is 0 Å². The highest BCUT2D eigenvalue weighted by molar-refractivity contribution is 7.92. The van der Waals surface area contributed by atoms with Crippen LogP contribution in [0.5, 0.6) is 0 Å². The summed E-state index contributed by atoms with van der Waals surface area (Å²) in [5.41, 5.74) is 0.0216. The smallest absolute Gasteiger partial charge is 0.271 e. The van der Waals surface area contributed by atoms with Crippen LogP contribution in [0.2, 0.25) is 10.0 Å². The second kappa shape index (κ2) is 8.76. The van der Waals surface area contributed by atoms with Crippen LogP contribution in [0, 0.1) is 10.1 Å². The second-order valence-corrected chi connectivity index (χ2v) is 8.57. The maximum absolute atomic E-state index is 12.8. The van der Waals surface area contributed by atoms with Gasteiger partial charge in [0.15, 0.2) is 0 Å². The Morgan fingerprint density at radius 1 is 1.21 bits per heavy atom. The van der Waals surface area contributed by atoms with E-state index < -0.39 is 26.9 Å². The van der Waals surface area contributed by atoms with Gasteiger partial charge in [0.1, 0.15) is 6.04 Å². The summed E-state index contributed by atoms with van der Waals surface area (Å²) in [6, 6.07) is 8.48. The molecule has 11 heteroatoms. The molecule has 2 aromatic rings. The Morgan fingerprint density at radius 2 is 1.82 bits per heavy atom. The van der Waals surface area contributed by atoms with Crippen molar-refractivity contribution in [3.63, 3.8) is 0 Å². The van der Waals surface area contributed by atoms with Crippen LogP contribution in [0.3, 0.4) is 0 Å². The van der Waals surface area contributed by atoms with E-state index in [4.69, 9.17) is 23.2 Å². The van der Waals surface area contributed by atoms with Crippen LogP contribution in [0.25, 0.3) is 0 Å². The summed E-state index contributed by atoms with van der Waals surface area (Å²) in [5, 5.41) is 13.9. The third kappa shape index (κ3) is 5.12. The van der Waals surface area contributed by atoms with Gasteiger partial charge in [-0.2, -0.15) is 0 Å². The van der Waals surface area contributed by atoms with E-state index in [1.165, 1.54) is 36.4 Å². The minimum absolute atomic E-state index is 0.0175. The highest BCUT2D eigenvalue weighted by Crippen LogP contribution is 2.29. The molecule has 0 aliphatic heterocycles. The first kappa shape index (κ1) is 21.9. The molecule has 0 bridgehead atoms. The molecule has 150 valence electrons. The van der Waals surface area contributed by atoms with Gasteiger partial charge in [0.2, 0.25) is 15.9 Å². The summed E-state index contributed by atoms with van der Waals surface area (Å²) in [7, 11) is -3.82. The average molecular weight is 446 g/mol. The molecule has 2 rings (SSSR count). The van der Waals surface area contributed by atoms with Crippen molar-refractivity contribution in [1.82, 2.24) is 0 Å². The molecule has 2 aromatic carbocycles. The molecule has 0 saturated heterocycles. The molecule has 0 saturated carbocycles. The van der Waals surface area contributed by atoms with Crippen LogP contribution in [0.4, 0.5) is 17.1 Å². The number of halogens is 2. The molecule has 1 N–H and O–H groups in total. The van der Waals surface area contributed by atoms with Crippen LogP contribution in [-0.4, -0.2) is 31.5 Å². The zero-order chi connectivity index (χ0) is 21.1. The van der Waals surface area contributed by atoms with Crippen LogP contribution >= 0.6 is 23.2 Å². The number of nitrogens with zero attached hydrogens (tertiary/aromatic N) is 2. The topological polar surface area (TPSA) is 110 Å². The van der Waals surface area contributed by atoms with E-state index in [0.717, 1.165) is 16.6 Å². The molecule has 0 aromatic heterocycles. The molecule has 0 radical (unpaired) electrons. The monoisotopic (exact) mass is 445 g/mol. The van der Waals surface area contributed by atoms with Crippen molar-refractivity contribution in [2.75, 3.05) is 15.9 Å². The van der Waals surface area contributed by atoms with Crippen LogP contribution in [-0.2, 0) is 14.8 Å². The quantitative estimate of drug-likeness (QED) is 0.509. The summed E-state index contributed by atoms with van der Waals surface area (Å²) in [6.07, 6.45) is 1.13. The zero-order valence-corrected chi connectivity index (χ0v) is 17.3. The largest absolute Gasteiger partial charge is 0.323 e. The van der Waals surface area contributed by atoms with Gasteiger partial charge in [-0.3, -0.25) is 19.2 Å². The zero-order valence-electron chi connectivity index (χ0n) is 14.9. The minimum Gasteiger partial charge on any atom is -0.323 e. The van der Waals surface area contributed by atoms with Crippen molar-refractivity contribution in [3.05, 3.63) is 62.6 Å². The number of carbonyl (C=O) groups is 1. The van der Waals surface area contributed by atoms with E-state index in [1.54, 1.807) is 6.92 Å². The maximum Gasteiger partial charge on any atom is 0.271 e. The number of hydrogen-bond acceptors (Lipinski definition) is 5. The maximum atomic E-state index is 12.8. The lowest BCUT2D eigenvalue weighted by Crippen LogP contribution is -2.47. The Bertz CT molecular complexity index is 996. The third-order valence-corrected chi connectivity index (χ3v) is 5.59. The molecule has 28 heavy (non-hydrogen) atoms. The Labute approximate surface area is 172 Å². The fourth-order valence-corrected chi connectivity index (χ4v) is 4.09. The summed E-state index contributed by atoms with van der Waals surface area (Å²) in [5.74, 6) is -0.676. The molecule has 0 aliphatic carbocycles. The molecule has 1 atom stereocenters. The Kier molecular flexibility index (Phi) is 6.87. The van der Waals surface area contributed by atoms with Crippen molar-refractivity contribution in [1.29, 1.82) is 0 Å². The van der Waals surface area contributed by atoms with Gasteiger partial charge in [0.05, 0.1) is 27.6 Å². The minimum atomic E-state index is -3.82. The number of nitrogens with one attached hydrogen (secondary N) is 1. The summed E-state index contributed by atoms with van der Waals surface area (Å²) in [6.45, 7) is 1.65. The van der Waals surface area contributed by atoms with Crippen LogP contribution < -0.4 is 9.62 Å². The fraction of sp³-hybridized carbons (Fsp3) is 0.235. The summed E-state index contributed by atoms with van der Waals surface area (Å²) in [4.78, 5) is 23.2. The lowest BCUT2D eigenvalue weighted by molar-refractivity contribution is -0.384. The first-order valence-corrected chi connectivity index (χ1v) is 10.6. The standard InChI is InChI=1S/C17H17Cl2N3O5S/c1-3-16(21(28(2,26)27)12-6-4-11(18)5-7-12)17(23)20-15-10-13(22(24)25)8-9-14(15)19/h4-10,16H,3H2,1-2H3,(H,20,23). The van der Waals surface area contributed by atoms with E-state index in [0.29, 0.717) is 5.02 Å². The van der Waals surface area contributed by atoms with Gasteiger partial charge < -0.3 is 5.32 Å². The first-order chi connectivity index (χ1) is 13.0. The van der Waals surface area contributed by atoms with E-state index in [-0.39, 0.29) is 28.5 Å². The number of rotatable bonds is 7. The van der Waals surface area contributed by atoms with Crippen molar-refractivity contribution < 1.29 is 18.1 Å². The van der Waals surface area contributed by atoms with E-state index in [9.17, 15) is 23.3 Å². The fourth-order valence-electron chi connectivity index (χ4n) is 2.59. The van der Waals surface area contributed by atoms with Gasteiger partial charge in [-0.1, -0.05) is 30.1 Å². The highest BCUT2D eigenvalue weighted by atomic mass is 35.5. The normalized spacial score (nSPS) is 12.3. The van der Waals surface area contributed by atoms with Gasteiger partial charge >= 0.3 is 0 Å². The SMILES string of the molecule is CCC(C(=O)Nc1cc([N+](=O)[O-])ccc1Cl)N(c1ccc(Cl)cc1)S(C)(=O)=O. The molecular formula is C17H17Cl2N3O5S. The molecule has 0 spiro atoms. The number of anilines is 2. The van der Waals surface area contributed by atoms with Gasteiger partial charge in [-0.05, 0) is 36.8 Å². The number of hydrogen-bond donors (Lipinski definition) is 1. The molecular weight excluding hydrogens is 429 g/mol. The third-order valence-electron chi connectivity index (χ3n) is 3.83. The lowest BCUT2D eigenvalue weighted by Gasteiger charge is -2.30. The number of amides is 1. The van der Waals surface area contributed by atoms with E-state index in [2.05, 4.69) is 5.32 Å². The Hall–Kier alpha value is -2.36. The molecule has 1 unspecified atom stereocenters. The van der Waals surface area contributed by atoms with Crippen molar-refractivity contribution in [3.8, 4) is 0 Å². The van der Waals surface area contributed by atoms with Crippen molar-refractivity contribution >= 4 is 56.2 Å². The van der Waals surface area contributed by atoms with Gasteiger partial charge in [-0.15, -0.1) is 0 Å². The number of benzene rings is 2. The predicted molar refractivity (Wildman–Crippen MR) is 110 cm³/mol. The number of non-ortho nitro benzene ring substituents is 1. The summed E-state index contributed by atoms with van der Waals surface area (Å²) < 4.78 is 25.7.